The zero-order chi connectivity index (χ0) is 23.1. The van der Waals surface area contributed by atoms with Crippen molar-refractivity contribution in [2.75, 3.05) is 19.3 Å². The molecule has 0 saturated heterocycles. The molecule has 0 aliphatic heterocycles. The number of hydrogen-bond acceptors (Lipinski definition) is 5. The Morgan fingerprint density at radius 1 is 1.18 bits per heavy atom. The number of carbonyl (C=O) groups excluding carboxylic acids is 1. The Morgan fingerprint density at radius 3 is 2.85 bits per heavy atom. The van der Waals surface area contributed by atoms with E-state index in [1.165, 1.54) is 0 Å². The molecule has 5 aromatic rings. The lowest BCUT2D eigenvalue weighted by molar-refractivity contribution is 0.103. The van der Waals surface area contributed by atoms with Crippen LogP contribution in [0.4, 0.5) is 5.82 Å². The molecular formula is C25H23N7O. The first kappa shape index (κ1) is 20.5. The highest BCUT2D eigenvalue weighted by atomic mass is 16.1. The number of terminal acetylenes is 1. The highest BCUT2D eigenvalue weighted by molar-refractivity contribution is 6.12. The van der Waals surface area contributed by atoms with Gasteiger partial charge in [-0.2, -0.15) is 0 Å². The van der Waals surface area contributed by atoms with Crippen LogP contribution in [-0.2, 0) is 6.54 Å². The number of aromatic amines is 2. The van der Waals surface area contributed by atoms with Crippen LogP contribution in [0.1, 0.15) is 27.4 Å². The van der Waals surface area contributed by atoms with Crippen molar-refractivity contribution in [2.45, 2.75) is 13.5 Å². The van der Waals surface area contributed by atoms with Crippen molar-refractivity contribution in [1.82, 2.24) is 29.6 Å². The van der Waals surface area contributed by atoms with E-state index < -0.39 is 0 Å². The van der Waals surface area contributed by atoms with E-state index in [1.807, 2.05) is 61.3 Å². The highest BCUT2D eigenvalue weighted by Gasteiger charge is 2.19. The molecule has 0 aliphatic rings. The number of ketones is 1. The lowest BCUT2D eigenvalue weighted by atomic mass is 10.1. The fourth-order valence-electron chi connectivity index (χ4n) is 4.03. The van der Waals surface area contributed by atoms with Gasteiger partial charge < -0.3 is 15.7 Å². The number of nitrogens with one attached hydrogen (secondary N) is 2. The fourth-order valence-corrected chi connectivity index (χ4v) is 4.03. The predicted molar refractivity (Wildman–Crippen MR) is 129 cm³/mol. The Kier molecular flexibility index (Phi) is 4.96. The number of carbonyl (C=O) groups is 1. The van der Waals surface area contributed by atoms with E-state index in [-0.39, 0.29) is 11.6 Å². The van der Waals surface area contributed by atoms with E-state index in [4.69, 9.17) is 12.2 Å². The lowest BCUT2D eigenvalue weighted by Gasteiger charge is -2.12. The summed E-state index contributed by atoms with van der Waals surface area (Å²) in [6.07, 6.45) is 7.05. The molecule has 0 radical (unpaired) electrons. The van der Waals surface area contributed by atoms with Crippen LogP contribution in [0, 0.1) is 19.3 Å². The molecule has 0 aliphatic carbocycles. The summed E-state index contributed by atoms with van der Waals surface area (Å²) >= 11 is 0. The molecule has 0 amide bonds. The summed E-state index contributed by atoms with van der Waals surface area (Å²) in [5.74, 6) is 3.44. The molecular weight excluding hydrogens is 414 g/mol. The molecule has 0 fully saturated rings. The summed E-state index contributed by atoms with van der Waals surface area (Å²) in [4.78, 5) is 26.1. The van der Waals surface area contributed by atoms with Crippen LogP contribution in [0.2, 0.25) is 0 Å². The first-order chi connectivity index (χ1) is 15.9. The largest absolute Gasteiger partial charge is 0.382 e. The number of nitrogens with two attached hydrogens (primary N) is 1. The summed E-state index contributed by atoms with van der Waals surface area (Å²) in [5.41, 5.74) is 11.5. The van der Waals surface area contributed by atoms with Gasteiger partial charge in [-0.15, -0.1) is 11.5 Å². The third kappa shape index (κ3) is 3.86. The molecule has 3 aromatic heterocycles. The summed E-state index contributed by atoms with van der Waals surface area (Å²) in [5, 5.41) is 5.31. The number of H-pyrrole nitrogens is 2. The molecule has 5 rings (SSSR count). The number of rotatable bonds is 6. The molecule has 8 nitrogen and oxygen atoms in total. The molecule has 8 heteroatoms. The maximum Gasteiger partial charge on any atom is 0.214 e. The van der Waals surface area contributed by atoms with Crippen molar-refractivity contribution in [2.24, 2.45) is 0 Å². The zero-order valence-electron chi connectivity index (χ0n) is 18.4. The molecule has 3 heterocycles. The number of nitrogen functional groups attached to an aromatic ring is 1. The second kappa shape index (κ2) is 7.97. The van der Waals surface area contributed by atoms with Crippen LogP contribution in [-0.4, -0.2) is 49.0 Å². The molecule has 164 valence electrons. The number of fused-ring (bicyclic) bond motifs is 2. The van der Waals surface area contributed by atoms with E-state index >= 15 is 0 Å². The maximum absolute atomic E-state index is 13.2. The van der Waals surface area contributed by atoms with Gasteiger partial charge in [0.2, 0.25) is 5.78 Å². The lowest BCUT2D eigenvalue weighted by Crippen LogP contribution is -2.17. The van der Waals surface area contributed by atoms with Gasteiger partial charge in [0, 0.05) is 23.6 Å². The predicted octanol–water partition coefficient (Wildman–Crippen LogP) is 3.42. The number of benzene rings is 2. The Bertz CT molecular complexity index is 1550. The van der Waals surface area contributed by atoms with Crippen molar-refractivity contribution >= 4 is 33.5 Å². The number of hydrogen-bond donors (Lipinski definition) is 3. The van der Waals surface area contributed by atoms with Gasteiger partial charge in [-0.1, -0.05) is 18.1 Å². The number of imidazole rings is 1. The minimum atomic E-state index is -0.209. The quantitative estimate of drug-likeness (QED) is 0.279. The normalized spacial score (nSPS) is 11.5. The van der Waals surface area contributed by atoms with Crippen molar-refractivity contribution in [3.05, 3.63) is 71.3 Å². The Labute approximate surface area is 190 Å². The van der Waals surface area contributed by atoms with Gasteiger partial charge in [0.15, 0.2) is 5.82 Å². The number of anilines is 1. The van der Waals surface area contributed by atoms with E-state index in [0.29, 0.717) is 17.8 Å². The summed E-state index contributed by atoms with van der Waals surface area (Å²) in [7, 11) is 1.97. The van der Waals surface area contributed by atoms with Crippen LogP contribution >= 0.6 is 0 Å². The van der Waals surface area contributed by atoms with Crippen molar-refractivity contribution < 1.29 is 4.79 Å². The number of aryl methyl sites for hydroxylation is 1. The minimum Gasteiger partial charge on any atom is -0.382 e. The topological polar surface area (TPSA) is 109 Å². The first-order valence-electron chi connectivity index (χ1n) is 10.5. The van der Waals surface area contributed by atoms with Crippen molar-refractivity contribution in [3.63, 3.8) is 0 Å². The number of nitrogens with zero attached hydrogens (tertiary/aromatic N) is 4. The second-order valence-corrected chi connectivity index (χ2v) is 8.21. The molecule has 4 N–H and O–H groups in total. The summed E-state index contributed by atoms with van der Waals surface area (Å²) in [6.45, 7) is 3.20. The van der Waals surface area contributed by atoms with Crippen LogP contribution < -0.4 is 5.73 Å². The average Bonchev–Trinajstić information content (AvgIpc) is 3.47. The summed E-state index contributed by atoms with van der Waals surface area (Å²) in [6, 6.07) is 13.6. The molecule has 0 saturated carbocycles. The van der Waals surface area contributed by atoms with Gasteiger partial charge in [-0.25, -0.2) is 9.67 Å². The van der Waals surface area contributed by atoms with Gasteiger partial charge in [-0.05, 0) is 49.9 Å². The zero-order valence-corrected chi connectivity index (χ0v) is 18.4. The van der Waals surface area contributed by atoms with Crippen LogP contribution in [0.3, 0.4) is 0 Å². The van der Waals surface area contributed by atoms with Crippen molar-refractivity contribution in [3.8, 4) is 18.0 Å². The smallest absolute Gasteiger partial charge is 0.214 e. The monoisotopic (exact) mass is 437 g/mol. The van der Waals surface area contributed by atoms with E-state index in [2.05, 4.69) is 26.0 Å². The van der Waals surface area contributed by atoms with Gasteiger partial charge in [0.1, 0.15) is 5.82 Å². The van der Waals surface area contributed by atoms with Crippen LogP contribution in [0.25, 0.3) is 27.6 Å². The first-order valence-corrected chi connectivity index (χ1v) is 10.5. The minimum absolute atomic E-state index is 0.177. The van der Waals surface area contributed by atoms with Crippen LogP contribution in [0.5, 0.6) is 0 Å². The molecule has 0 atom stereocenters. The third-order valence-electron chi connectivity index (χ3n) is 5.58. The molecule has 0 bridgehead atoms. The van der Waals surface area contributed by atoms with Gasteiger partial charge in [0.05, 0.1) is 34.5 Å². The molecule has 33 heavy (non-hydrogen) atoms. The van der Waals surface area contributed by atoms with Crippen molar-refractivity contribution in [1.29, 1.82) is 0 Å². The van der Waals surface area contributed by atoms with E-state index in [1.54, 1.807) is 10.9 Å². The van der Waals surface area contributed by atoms with Gasteiger partial charge in [-0.3, -0.25) is 9.69 Å². The average molecular weight is 438 g/mol. The van der Waals surface area contributed by atoms with Crippen LogP contribution in [0.15, 0.2) is 48.7 Å². The third-order valence-corrected chi connectivity index (χ3v) is 5.58. The SMILES string of the molecule is C#CCN(C)Cc1ccc2cc(C(=O)c3cn(-c4ccc5nc(C)[nH]c5c4)nc3N)[nH]c2c1. The number of aromatic nitrogens is 5. The Hall–Kier alpha value is -4.35. The Balaban J connectivity index is 1.44. The van der Waals surface area contributed by atoms with E-state index in [9.17, 15) is 4.79 Å². The Morgan fingerprint density at radius 2 is 2.03 bits per heavy atom. The summed E-state index contributed by atoms with van der Waals surface area (Å²) < 4.78 is 1.61. The standard InChI is InChI=1S/C25H23N7O/c1-4-9-31(3)13-16-5-6-17-11-23(29-21(17)10-16)24(33)19-14-32(30-25(19)26)18-7-8-20-22(12-18)28-15(2)27-20/h1,5-8,10-12,14,29H,9,13H2,2-3H3,(H2,26,30)(H,27,28). The highest BCUT2D eigenvalue weighted by Crippen LogP contribution is 2.23. The fraction of sp³-hybridized carbons (Fsp3) is 0.160. The second-order valence-electron chi connectivity index (χ2n) is 8.21. The molecule has 0 spiro atoms. The molecule has 0 unspecified atom stereocenters. The van der Waals surface area contributed by atoms with Gasteiger partial charge in [0.25, 0.3) is 0 Å². The van der Waals surface area contributed by atoms with E-state index in [0.717, 1.165) is 45.6 Å². The molecule has 2 aromatic carbocycles. The maximum atomic E-state index is 13.2. The van der Waals surface area contributed by atoms with Gasteiger partial charge >= 0.3 is 0 Å².